The fourth-order valence-electron chi connectivity index (χ4n) is 2.55. The highest BCUT2D eigenvalue weighted by atomic mass is 16.5. The second kappa shape index (κ2) is 8.92. The highest BCUT2D eigenvalue weighted by molar-refractivity contribution is 5.49. The molecule has 5 nitrogen and oxygen atoms in total. The minimum Gasteiger partial charge on any atom is -0.493 e. The van der Waals surface area contributed by atoms with Crippen LogP contribution in [0.1, 0.15) is 35.6 Å². The van der Waals surface area contributed by atoms with Gasteiger partial charge < -0.3 is 21.3 Å². The van der Waals surface area contributed by atoms with Crippen LogP contribution in [0.3, 0.4) is 0 Å². The van der Waals surface area contributed by atoms with Crippen LogP contribution in [0.4, 0.5) is 5.69 Å². The number of anilines is 1. The highest BCUT2D eigenvalue weighted by Crippen LogP contribution is 2.23. The molecule has 0 spiro atoms. The van der Waals surface area contributed by atoms with E-state index in [2.05, 4.69) is 6.07 Å². The molecule has 126 valence electrons. The maximum atomic E-state index is 9.20. The topological polar surface area (TPSA) is 105 Å². The van der Waals surface area contributed by atoms with Crippen molar-refractivity contribution < 1.29 is 9.84 Å². The fraction of sp³-hybridized carbons (Fsp3) is 0.316. The zero-order chi connectivity index (χ0) is 17.4. The van der Waals surface area contributed by atoms with Crippen LogP contribution in [0.5, 0.6) is 5.75 Å². The van der Waals surface area contributed by atoms with Crippen LogP contribution >= 0.6 is 0 Å². The van der Waals surface area contributed by atoms with Crippen molar-refractivity contribution in [3.05, 3.63) is 59.2 Å². The van der Waals surface area contributed by atoms with E-state index >= 15 is 0 Å². The molecule has 0 radical (unpaired) electrons. The van der Waals surface area contributed by atoms with Crippen LogP contribution in [-0.2, 0) is 6.42 Å². The Kier molecular flexibility index (Phi) is 6.62. The Bertz CT molecular complexity index is 710. The van der Waals surface area contributed by atoms with E-state index in [4.69, 9.17) is 21.5 Å². The van der Waals surface area contributed by atoms with E-state index in [0.29, 0.717) is 23.6 Å². The lowest BCUT2D eigenvalue weighted by Gasteiger charge is -2.15. The maximum Gasteiger partial charge on any atom is 0.124 e. The first-order valence-corrected chi connectivity index (χ1v) is 8.02. The quantitative estimate of drug-likeness (QED) is 0.511. The number of hydrogen-bond acceptors (Lipinski definition) is 5. The number of nitrogens with two attached hydrogens (primary N) is 2. The van der Waals surface area contributed by atoms with Gasteiger partial charge in [0, 0.05) is 11.3 Å². The molecule has 0 aromatic heterocycles. The van der Waals surface area contributed by atoms with Crippen molar-refractivity contribution in [2.75, 3.05) is 18.9 Å². The number of benzene rings is 2. The molecule has 2 aromatic rings. The van der Waals surface area contributed by atoms with Crippen molar-refractivity contribution >= 4 is 5.69 Å². The minimum atomic E-state index is -0.438. The number of rotatable bonds is 8. The third-order valence-corrected chi connectivity index (χ3v) is 3.86. The lowest BCUT2D eigenvalue weighted by molar-refractivity contribution is 0.258. The van der Waals surface area contributed by atoms with Crippen LogP contribution in [-0.4, -0.2) is 18.3 Å². The summed E-state index contributed by atoms with van der Waals surface area (Å²) in [6, 6.07) is 14.6. The molecule has 0 aliphatic heterocycles. The molecule has 2 aromatic carbocycles. The molecule has 2 rings (SSSR count). The van der Waals surface area contributed by atoms with E-state index in [0.717, 1.165) is 30.4 Å². The molecule has 5 heteroatoms. The maximum absolute atomic E-state index is 9.20. The van der Waals surface area contributed by atoms with E-state index in [-0.39, 0.29) is 6.61 Å². The molecule has 0 amide bonds. The number of nitriles is 1. The summed E-state index contributed by atoms with van der Waals surface area (Å²) in [5.41, 5.74) is 14.8. The average molecular weight is 325 g/mol. The van der Waals surface area contributed by atoms with Crippen LogP contribution in [0, 0.1) is 11.3 Å². The molecule has 0 saturated carbocycles. The van der Waals surface area contributed by atoms with Gasteiger partial charge in [-0.25, -0.2) is 0 Å². The summed E-state index contributed by atoms with van der Waals surface area (Å²) in [7, 11) is 0. The third kappa shape index (κ3) is 4.72. The van der Waals surface area contributed by atoms with E-state index in [9.17, 15) is 5.11 Å². The van der Waals surface area contributed by atoms with Crippen LogP contribution in [0.15, 0.2) is 42.5 Å². The van der Waals surface area contributed by atoms with Gasteiger partial charge >= 0.3 is 0 Å². The molecular formula is C19H23N3O2. The normalized spacial score (nSPS) is 11.7. The van der Waals surface area contributed by atoms with Crippen molar-refractivity contribution in [2.24, 2.45) is 5.73 Å². The Morgan fingerprint density at radius 3 is 2.71 bits per heavy atom. The molecule has 0 bridgehead atoms. The highest BCUT2D eigenvalue weighted by Gasteiger charge is 2.10. The molecule has 1 atom stereocenters. The summed E-state index contributed by atoms with van der Waals surface area (Å²) in [6.07, 6.45) is 2.53. The molecule has 0 heterocycles. The van der Waals surface area contributed by atoms with Gasteiger partial charge in [0.15, 0.2) is 0 Å². The summed E-state index contributed by atoms with van der Waals surface area (Å²) < 4.78 is 5.80. The summed E-state index contributed by atoms with van der Waals surface area (Å²) in [5.74, 6) is 0.709. The lowest BCUT2D eigenvalue weighted by Crippen LogP contribution is -2.16. The van der Waals surface area contributed by atoms with Crippen LogP contribution in [0.2, 0.25) is 0 Å². The smallest absolute Gasteiger partial charge is 0.124 e. The summed E-state index contributed by atoms with van der Waals surface area (Å²) in [6.45, 7) is 0.437. The molecule has 0 unspecified atom stereocenters. The van der Waals surface area contributed by atoms with Crippen molar-refractivity contribution in [1.29, 1.82) is 5.26 Å². The number of aliphatic hydroxyl groups excluding tert-OH is 1. The molecule has 0 aliphatic rings. The summed E-state index contributed by atoms with van der Waals surface area (Å²) >= 11 is 0. The predicted octanol–water partition coefficient (Wildman–Crippen LogP) is 2.53. The zero-order valence-electron chi connectivity index (χ0n) is 13.6. The number of nitrogens with zero attached hydrogens (tertiary/aromatic N) is 1. The fourth-order valence-corrected chi connectivity index (χ4v) is 2.55. The largest absolute Gasteiger partial charge is 0.493 e. The number of nitrogen functional groups attached to an aromatic ring is 1. The van der Waals surface area contributed by atoms with Crippen LogP contribution in [0.25, 0.3) is 0 Å². The molecule has 0 fully saturated rings. The molecular weight excluding hydrogens is 302 g/mol. The number of hydrogen-bond donors (Lipinski definition) is 3. The Morgan fingerprint density at radius 1 is 1.17 bits per heavy atom. The van der Waals surface area contributed by atoms with Gasteiger partial charge in [-0.2, -0.15) is 5.26 Å². The number of aryl methyl sites for hydroxylation is 1. The second-order valence-electron chi connectivity index (χ2n) is 5.66. The van der Waals surface area contributed by atoms with Crippen molar-refractivity contribution in [3.8, 4) is 11.8 Å². The van der Waals surface area contributed by atoms with Gasteiger partial charge in [0.1, 0.15) is 5.75 Å². The van der Waals surface area contributed by atoms with Gasteiger partial charge in [-0.3, -0.25) is 0 Å². The Balaban J connectivity index is 1.84. The Labute approximate surface area is 142 Å². The first-order valence-electron chi connectivity index (χ1n) is 8.02. The SMILES string of the molecule is N#Cc1ccc(N)cc1CCCCOc1ccccc1[C@H](N)CO. The molecule has 5 N–H and O–H groups in total. The van der Waals surface area contributed by atoms with Gasteiger partial charge in [-0.05, 0) is 49.1 Å². The van der Waals surface area contributed by atoms with Gasteiger partial charge in [0.25, 0.3) is 0 Å². The van der Waals surface area contributed by atoms with Crippen molar-refractivity contribution in [1.82, 2.24) is 0 Å². The molecule has 0 aliphatic carbocycles. The summed E-state index contributed by atoms with van der Waals surface area (Å²) in [4.78, 5) is 0. The monoisotopic (exact) mass is 325 g/mol. The standard InChI is InChI=1S/C19H23N3O2/c20-12-15-8-9-16(21)11-14(15)5-3-4-10-24-19-7-2-1-6-17(19)18(22)13-23/h1-2,6-9,11,18,23H,3-5,10,13,21-22H2/t18-/m1/s1. The van der Waals surface area contributed by atoms with Gasteiger partial charge in [-0.15, -0.1) is 0 Å². The minimum absolute atomic E-state index is 0.118. The number of unbranched alkanes of at least 4 members (excludes halogenated alkanes) is 1. The van der Waals surface area contributed by atoms with Gasteiger partial charge in [-0.1, -0.05) is 18.2 Å². The lowest BCUT2D eigenvalue weighted by atomic mass is 10.0. The average Bonchev–Trinajstić information content (AvgIpc) is 2.61. The second-order valence-corrected chi connectivity index (χ2v) is 5.66. The van der Waals surface area contributed by atoms with Gasteiger partial charge in [0.2, 0.25) is 0 Å². The van der Waals surface area contributed by atoms with E-state index in [1.54, 1.807) is 12.1 Å². The number of aliphatic hydroxyl groups is 1. The van der Waals surface area contributed by atoms with E-state index < -0.39 is 6.04 Å². The van der Waals surface area contributed by atoms with E-state index in [1.807, 2.05) is 30.3 Å². The Morgan fingerprint density at radius 2 is 1.96 bits per heavy atom. The predicted molar refractivity (Wildman–Crippen MR) is 94.5 cm³/mol. The van der Waals surface area contributed by atoms with Crippen molar-refractivity contribution in [2.45, 2.75) is 25.3 Å². The van der Waals surface area contributed by atoms with Crippen LogP contribution < -0.4 is 16.2 Å². The van der Waals surface area contributed by atoms with E-state index in [1.165, 1.54) is 0 Å². The van der Waals surface area contributed by atoms with Gasteiger partial charge in [0.05, 0.1) is 30.9 Å². The zero-order valence-corrected chi connectivity index (χ0v) is 13.6. The number of para-hydroxylation sites is 1. The Hall–Kier alpha value is -2.55. The first kappa shape index (κ1) is 17.8. The number of ether oxygens (including phenoxy) is 1. The first-order chi connectivity index (χ1) is 11.7. The van der Waals surface area contributed by atoms with Crippen molar-refractivity contribution in [3.63, 3.8) is 0 Å². The molecule has 24 heavy (non-hydrogen) atoms. The summed E-state index contributed by atoms with van der Waals surface area (Å²) in [5, 5.41) is 18.3. The third-order valence-electron chi connectivity index (χ3n) is 3.86. The molecule has 0 saturated heterocycles.